The molecule has 11 heteroatoms. The van der Waals surface area contributed by atoms with Crippen molar-refractivity contribution in [3.05, 3.63) is 47.7 Å². The minimum atomic E-state index is -0.207. The van der Waals surface area contributed by atoms with Gasteiger partial charge >= 0.3 is 0 Å². The highest BCUT2D eigenvalue weighted by Crippen LogP contribution is 2.32. The second-order valence-corrected chi connectivity index (χ2v) is 7.66. The molecular weight excluding hydrogens is 424 g/mol. The number of fused-ring (bicyclic) bond motifs is 1. The molecule has 5 rings (SSSR count). The zero-order valence-corrected chi connectivity index (χ0v) is 17.4. The first-order valence-corrected chi connectivity index (χ1v) is 10.1. The van der Waals surface area contributed by atoms with Crippen LogP contribution in [0, 0.1) is 0 Å². The van der Waals surface area contributed by atoms with Gasteiger partial charge in [-0.1, -0.05) is 12.1 Å². The van der Waals surface area contributed by atoms with E-state index < -0.39 is 0 Å². The third kappa shape index (κ3) is 3.60. The number of nitrogens with one attached hydrogen (secondary N) is 2. The molecule has 0 saturated carbocycles. The van der Waals surface area contributed by atoms with Crippen molar-refractivity contribution in [2.24, 2.45) is 0 Å². The molecule has 1 atom stereocenters. The maximum absolute atomic E-state index is 12.4. The van der Waals surface area contributed by atoms with Crippen molar-refractivity contribution < 1.29 is 4.79 Å². The van der Waals surface area contributed by atoms with E-state index >= 15 is 0 Å². The summed E-state index contributed by atoms with van der Waals surface area (Å²) in [6.07, 6.45) is 4.10. The lowest BCUT2D eigenvalue weighted by Crippen LogP contribution is -2.15. The molecule has 1 saturated heterocycles. The molecule has 4 N–H and O–H groups in total. The highest BCUT2D eigenvalue weighted by atomic mass is 35.5. The number of hydrogen-bond acceptors (Lipinski definition) is 8. The molecule has 1 aliphatic rings. The zero-order chi connectivity index (χ0) is 19.8. The number of anilines is 2. The molecule has 4 aromatic rings. The Morgan fingerprint density at radius 2 is 2.07 bits per heavy atom. The number of carbonyl (C=O) groups excluding carboxylic acids is 1. The molecule has 3 aromatic heterocycles. The number of amides is 1. The lowest BCUT2D eigenvalue weighted by molar-refractivity contribution is 0.102. The molecule has 0 bridgehead atoms. The van der Waals surface area contributed by atoms with Gasteiger partial charge in [0.2, 0.25) is 0 Å². The normalized spacial score (nSPS) is 15.8. The van der Waals surface area contributed by atoms with Gasteiger partial charge in [0.1, 0.15) is 17.8 Å². The number of nitrogen functional groups attached to an aromatic ring is 1. The van der Waals surface area contributed by atoms with Gasteiger partial charge in [-0.2, -0.15) is 5.10 Å². The number of thiazole rings is 1. The predicted octanol–water partition coefficient (Wildman–Crippen LogP) is 2.74. The first kappa shape index (κ1) is 20.2. The highest BCUT2D eigenvalue weighted by Gasteiger charge is 2.24. The molecule has 154 valence electrons. The van der Waals surface area contributed by atoms with E-state index in [1.807, 2.05) is 22.2 Å². The molecule has 1 aromatic carbocycles. The summed E-state index contributed by atoms with van der Waals surface area (Å²) in [4.78, 5) is 25.0. The Labute approximate surface area is 182 Å². The van der Waals surface area contributed by atoms with Gasteiger partial charge in [0.25, 0.3) is 5.91 Å². The van der Waals surface area contributed by atoms with E-state index in [1.165, 1.54) is 17.7 Å². The summed E-state index contributed by atoms with van der Waals surface area (Å²) in [6.45, 7) is 1.79. The summed E-state index contributed by atoms with van der Waals surface area (Å²) in [5, 5.41) is 14.1. The first-order chi connectivity index (χ1) is 14.2. The zero-order valence-electron chi connectivity index (χ0n) is 15.8. The highest BCUT2D eigenvalue weighted by molar-refractivity contribution is 7.13. The Kier molecular flexibility index (Phi) is 5.62. The van der Waals surface area contributed by atoms with Gasteiger partial charge in [0.15, 0.2) is 10.8 Å². The van der Waals surface area contributed by atoms with Gasteiger partial charge in [-0.3, -0.25) is 10.1 Å². The van der Waals surface area contributed by atoms with Crippen molar-refractivity contribution >= 4 is 51.6 Å². The lowest BCUT2D eigenvalue weighted by atomic mass is 10.1. The second kappa shape index (κ2) is 8.34. The Morgan fingerprint density at radius 3 is 2.77 bits per heavy atom. The number of aromatic nitrogens is 5. The number of benzene rings is 1. The Hall–Kier alpha value is -3.08. The van der Waals surface area contributed by atoms with E-state index in [1.54, 1.807) is 18.3 Å². The largest absolute Gasteiger partial charge is 0.383 e. The number of hydrogen-bond donors (Lipinski definition) is 3. The van der Waals surface area contributed by atoms with Crippen LogP contribution in [0.4, 0.5) is 10.9 Å². The van der Waals surface area contributed by atoms with E-state index in [4.69, 9.17) is 10.8 Å². The van der Waals surface area contributed by atoms with Crippen LogP contribution in [0.15, 0.2) is 42.2 Å². The average Bonchev–Trinajstić information content (AvgIpc) is 3.49. The Bertz CT molecular complexity index is 1170. The maximum atomic E-state index is 12.4. The van der Waals surface area contributed by atoms with Gasteiger partial charge in [-0.05, 0) is 25.1 Å². The van der Waals surface area contributed by atoms with Crippen LogP contribution in [0.2, 0.25) is 0 Å². The molecule has 9 nitrogen and oxygen atoms in total. The molecule has 1 fully saturated rings. The first-order valence-electron chi connectivity index (χ1n) is 9.21. The molecule has 0 radical (unpaired) electrons. The van der Waals surface area contributed by atoms with E-state index in [-0.39, 0.29) is 24.4 Å². The quantitative estimate of drug-likeness (QED) is 0.444. The average molecular weight is 443 g/mol. The van der Waals surface area contributed by atoms with Crippen molar-refractivity contribution in [2.45, 2.75) is 12.5 Å². The van der Waals surface area contributed by atoms with Crippen LogP contribution >= 0.6 is 23.7 Å². The monoisotopic (exact) mass is 442 g/mol. The predicted molar refractivity (Wildman–Crippen MR) is 119 cm³/mol. The lowest BCUT2D eigenvalue weighted by Gasteiger charge is -2.09. The minimum Gasteiger partial charge on any atom is -0.383 e. The van der Waals surface area contributed by atoms with Gasteiger partial charge in [0.05, 0.1) is 11.4 Å². The van der Waals surface area contributed by atoms with Crippen LogP contribution in [0.1, 0.15) is 22.8 Å². The fourth-order valence-electron chi connectivity index (χ4n) is 3.53. The van der Waals surface area contributed by atoms with Gasteiger partial charge in [0, 0.05) is 29.2 Å². The van der Waals surface area contributed by atoms with E-state index in [2.05, 4.69) is 25.6 Å². The molecule has 0 spiro atoms. The van der Waals surface area contributed by atoms with Crippen LogP contribution < -0.4 is 16.4 Å². The fourth-order valence-corrected chi connectivity index (χ4v) is 4.06. The number of nitrogens with two attached hydrogens (primary N) is 1. The molecule has 1 amide bonds. The third-order valence-electron chi connectivity index (χ3n) is 4.97. The fraction of sp³-hybridized carbons (Fsp3) is 0.211. The van der Waals surface area contributed by atoms with Crippen molar-refractivity contribution in [2.75, 3.05) is 24.1 Å². The van der Waals surface area contributed by atoms with Crippen LogP contribution in [-0.4, -0.2) is 43.7 Å². The number of nitrogens with zero attached hydrogens (tertiary/aromatic N) is 5. The Balaban J connectivity index is 0.00000218. The second-order valence-electron chi connectivity index (χ2n) is 6.77. The molecule has 1 aliphatic heterocycles. The standard InChI is InChI=1S/C19H18N8OS.ClH/c20-16-14-15(26-27(13-5-6-21-9-13)17(14)24-10-23-16)11-1-3-12(4-2-11)18(28)25-19-22-7-8-29-19;/h1-4,7-8,10,13,21H,5-6,9H2,(H2,20,23,24)(H,22,25,28);1H/t13-;/m1./s1. The summed E-state index contributed by atoms with van der Waals surface area (Å²) >= 11 is 1.37. The Morgan fingerprint density at radius 1 is 1.23 bits per heavy atom. The van der Waals surface area contributed by atoms with E-state index in [0.29, 0.717) is 16.5 Å². The molecular formula is C19H19ClN8OS. The van der Waals surface area contributed by atoms with Gasteiger partial charge in [-0.15, -0.1) is 23.7 Å². The van der Waals surface area contributed by atoms with Crippen LogP contribution in [-0.2, 0) is 0 Å². The van der Waals surface area contributed by atoms with Crippen molar-refractivity contribution in [1.82, 2.24) is 30.0 Å². The number of halogens is 1. The van der Waals surface area contributed by atoms with Crippen LogP contribution in [0.5, 0.6) is 0 Å². The van der Waals surface area contributed by atoms with Crippen molar-refractivity contribution in [3.63, 3.8) is 0 Å². The maximum Gasteiger partial charge on any atom is 0.257 e. The topological polar surface area (TPSA) is 124 Å². The van der Waals surface area contributed by atoms with E-state index in [0.717, 1.165) is 41.8 Å². The van der Waals surface area contributed by atoms with Crippen molar-refractivity contribution in [3.8, 4) is 11.3 Å². The third-order valence-corrected chi connectivity index (χ3v) is 5.66. The van der Waals surface area contributed by atoms with E-state index in [9.17, 15) is 4.79 Å². The molecule has 30 heavy (non-hydrogen) atoms. The SMILES string of the molecule is Cl.Nc1ncnc2c1c(-c1ccc(C(=O)Nc3nccs3)cc1)nn2[C@@H]1CCNC1. The molecule has 0 aliphatic carbocycles. The molecule has 0 unspecified atom stereocenters. The van der Waals surface area contributed by atoms with Crippen molar-refractivity contribution in [1.29, 1.82) is 0 Å². The summed E-state index contributed by atoms with van der Waals surface area (Å²) in [5.41, 5.74) is 9.01. The summed E-state index contributed by atoms with van der Waals surface area (Å²) in [6, 6.07) is 7.48. The summed E-state index contributed by atoms with van der Waals surface area (Å²) in [7, 11) is 0. The van der Waals surface area contributed by atoms with Crippen LogP contribution in [0.25, 0.3) is 22.3 Å². The van der Waals surface area contributed by atoms with Gasteiger partial charge in [-0.25, -0.2) is 19.6 Å². The number of rotatable bonds is 4. The molecule has 4 heterocycles. The summed E-state index contributed by atoms with van der Waals surface area (Å²) in [5.74, 6) is 0.189. The number of carbonyl (C=O) groups is 1. The van der Waals surface area contributed by atoms with Crippen LogP contribution in [0.3, 0.4) is 0 Å². The summed E-state index contributed by atoms with van der Waals surface area (Å²) < 4.78 is 1.94. The minimum absolute atomic E-state index is 0. The van der Waals surface area contributed by atoms with Gasteiger partial charge < -0.3 is 11.1 Å². The smallest absolute Gasteiger partial charge is 0.257 e.